The minimum atomic E-state index is -0.311. The summed E-state index contributed by atoms with van der Waals surface area (Å²) >= 11 is 0. The Kier molecular flexibility index (Phi) is 2.53. The van der Waals surface area contributed by atoms with Gasteiger partial charge in [-0.2, -0.15) is 0 Å². The van der Waals surface area contributed by atoms with Crippen LogP contribution in [0, 0.1) is 0 Å². The summed E-state index contributed by atoms with van der Waals surface area (Å²) in [5.74, 6) is 0. The number of hydrogen-bond acceptors (Lipinski definition) is 4. The van der Waals surface area contributed by atoms with E-state index in [0.717, 1.165) is 22.3 Å². The van der Waals surface area contributed by atoms with Gasteiger partial charge in [0, 0.05) is 12.4 Å². The van der Waals surface area contributed by atoms with E-state index in [9.17, 15) is 0 Å². The van der Waals surface area contributed by atoms with Crippen molar-refractivity contribution in [3.05, 3.63) is 54.0 Å². The van der Waals surface area contributed by atoms with E-state index in [-0.39, 0.29) is 6.04 Å². The van der Waals surface area contributed by atoms with Gasteiger partial charge in [0.05, 0.1) is 29.1 Å². The highest BCUT2D eigenvalue weighted by Gasteiger charge is 2.14. The van der Waals surface area contributed by atoms with Crippen LogP contribution in [0.1, 0.15) is 17.4 Å². The molecule has 2 N–H and O–H groups in total. The van der Waals surface area contributed by atoms with Crippen LogP contribution in [0.3, 0.4) is 0 Å². The predicted octanol–water partition coefficient (Wildman–Crippen LogP) is 1.41. The van der Waals surface area contributed by atoms with E-state index < -0.39 is 0 Å². The summed E-state index contributed by atoms with van der Waals surface area (Å²) in [5.41, 5.74) is 8.80. The number of aryl methyl sites for hydroxylation is 1. The number of para-hydroxylation sites is 1. The van der Waals surface area contributed by atoms with Crippen LogP contribution in [-0.2, 0) is 7.05 Å². The molecule has 18 heavy (non-hydrogen) atoms. The first-order valence-corrected chi connectivity index (χ1v) is 5.71. The summed E-state index contributed by atoms with van der Waals surface area (Å²) in [4.78, 5) is 4.58. The molecule has 1 aromatic carbocycles. The Hall–Kier alpha value is -2.27. The molecule has 0 amide bonds. The fraction of sp³-hybridized carbons (Fsp3) is 0.154. The highest BCUT2D eigenvalue weighted by Crippen LogP contribution is 2.19. The molecule has 0 fully saturated rings. The van der Waals surface area contributed by atoms with Crippen molar-refractivity contribution in [2.24, 2.45) is 12.8 Å². The number of benzene rings is 1. The maximum atomic E-state index is 6.19. The predicted molar refractivity (Wildman–Crippen MR) is 68.8 cm³/mol. The number of nitrogens with zero attached hydrogens (tertiary/aromatic N) is 4. The van der Waals surface area contributed by atoms with Gasteiger partial charge >= 0.3 is 0 Å². The van der Waals surface area contributed by atoms with Crippen molar-refractivity contribution >= 4 is 10.9 Å². The molecule has 2 aromatic heterocycles. The van der Waals surface area contributed by atoms with Gasteiger partial charge in [0.2, 0.25) is 0 Å². The minimum absolute atomic E-state index is 0.311. The molecule has 0 radical (unpaired) electrons. The number of aromatic nitrogens is 4. The molecular formula is C13H13N5. The Labute approximate surface area is 104 Å². The lowest BCUT2D eigenvalue weighted by Crippen LogP contribution is -2.17. The highest BCUT2D eigenvalue weighted by molar-refractivity contribution is 5.78. The van der Waals surface area contributed by atoms with E-state index in [1.807, 2.05) is 43.4 Å². The molecule has 0 aliphatic carbocycles. The van der Waals surface area contributed by atoms with Crippen molar-refractivity contribution in [1.29, 1.82) is 0 Å². The molecule has 1 atom stereocenters. The van der Waals surface area contributed by atoms with E-state index >= 15 is 0 Å². The molecule has 0 spiro atoms. The van der Waals surface area contributed by atoms with Gasteiger partial charge in [0.25, 0.3) is 0 Å². The van der Waals surface area contributed by atoms with Crippen LogP contribution in [-0.4, -0.2) is 20.0 Å². The first-order valence-electron chi connectivity index (χ1n) is 5.71. The first-order chi connectivity index (χ1) is 8.75. The molecule has 1 unspecified atom stereocenters. The SMILES string of the molecule is Cn1nncc1C(N)c1ccc2ccccc2n1. The first kappa shape index (κ1) is 10.9. The summed E-state index contributed by atoms with van der Waals surface area (Å²) < 4.78 is 1.67. The molecule has 0 saturated carbocycles. The lowest BCUT2D eigenvalue weighted by atomic mass is 10.1. The molecule has 0 saturated heterocycles. The number of nitrogens with two attached hydrogens (primary N) is 1. The van der Waals surface area contributed by atoms with E-state index in [0.29, 0.717) is 0 Å². The number of rotatable bonds is 2. The molecule has 0 bridgehead atoms. The van der Waals surface area contributed by atoms with Gasteiger partial charge in [-0.15, -0.1) is 5.10 Å². The molecular weight excluding hydrogens is 226 g/mol. The van der Waals surface area contributed by atoms with Crippen molar-refractivity contribution in [2.75, 3.05) is 0 Å². The zero-order chi connectivity index (χ0) is 12.5. The molecule has 3 rings (SSSR count). The topological polar surface area (TPSA) is 69.6 Å². The zero-order valence-electron chi connectivity index (χ0n) is 9.99. The maximum Gasteiger partial charge on any atom is 0.0913 e. The van der Waals surface area contributed by atoms with E-state index in [2.05, 4.69) is 15.3 Å². The van der Waals surface area contributed by atoms with Crippen LogP contribution >= 0.6 is 0 Å². The Morgan fingerprint density at radius 3 is 2.78 bits per heavy atom. The van der Waals surface area contributed by atoms with Gasteiger partial charge in [0.1, 0.15) is 0 Å². The van der Waals surface area contributed by atoms with Crippen LogP contribution in [0.5, 0.6) is 0 Å². The molecule has 5 heteroatoms. The van der Waals surface area contributed by atoms with Crippen molar-refractivity contribution in [3.8, 4) is 0 Å². The molecule has 3 aromatic rings. The molecule has 5 nitrogen and oxygen atoms in total. The van der Waals surface area contributed by atoms with Crippen LogP contribution < -0.4 is 5.73 Å². The van der Waals surface area contributed by atoms with Gasteiger partial charge in [-0.05, 0) is 12.1 Å². The van der Waals surface area contributed by atoms with Gasteiger partial charge in [-0.1, -0.05) is 29.5 Å². The largest absolute Gasteiger partial charge is 0.318 e. The third kappa shape index (κ3) is 1.74. The van der Waals surface area contributed by atoms with Gasteiger partial charge < -0.3 is 5.73 Å². The number of fused-ring (bicyclic) bond motifs is 1. The van der Waals surface area contributed by atoms with Gasteiger partial charge in [-0.3, -0.25) is 9.67 Å². The standard InChI is InChI=1S/C13H13N5/c1-18-12(8-15-17-18)13(14)11-7-6-9-4-2-3-5-10(9)16-11/h2-8,13H,14H2,1H3. The Morgan fingerprint density at radius 1 is 1.17 bits per heavy atom. The third-order valence-corrected chi connectivity index (χ3v) is 3.01. The summed E-state index contributed by atoms with van der Waals surface area (Å²) in [6, 6.07) is 11.6. The minimum Gasteiger partial charge on any atom is -0.318 e. The normalized spacial score (nSPS) is 12.8. The van der Waals surface area contributed by atoms with Gasteiger partial charge in [-0.25, -0.2) is 0 Å². The fourth-order valence-corrected chi connectivity index (χ4v) is 1.99. The van der Waals surface area contributed by atoms with Crippen molar-refractivity contribution in [1.82, 2.24) is 20.0 Å². The Balaban J connectivity index is 2.07. The fourth-order valence-electron chi connectivity index (χ4n) is 1.99. The monoisotopic (exact) mass is 239 g/mol. The second kappa shape index (κ2) is 4.19. The summed E-state index contributed by atoms with van der Waals surface area (Å²) in [7, 11) is 1.82. The van der Waals surface area contributed by atoms with Crippen LogP contribution in [0.25, 0.3) is 10.9 Å². The number of hydrogen-bond donors (Lipinski definition) is 1. The number of pyridine rings is 1. The van der Waals surface area contributed by atoms with E-state index in [4.69, 9.17) is 5.73 Å². The average molecular weight is 239 g/mol. The molecule has 90 valence electrons. The second-order valence-corrected chi connectivity index (χ2v) is 4.19. The van der Waals surface area contributed by atoms with Crippen molar-refractivity contribution in [2.45, 2.75) is 6.04 Å². The van der Waals surface area contributed by atoms with Gasteiger partial charge in [0.15, 0.2) is 0 Å². The van der Waals surface area contributed by atoms with Crippen molar-refractivity contribution in [3.63, 3.8) is 0 Å². The van der Waals surface area contributed by atoms with Crippen LogP contribution in [0.2, 0.25) is 0 Å². The van der Waals surface area contributed by atoms with E-state index in [1.54, 1.807) is 10.9 Å². The lowest BCUT2D eigenvalue weighted by Gasteiger charge is -2.11. The smallest absolute Gasteiger partial charge is 0.0913 e. The quantitative estimate of drug-likeness (QED) is 0.734. The van der Waals surface area contributed by atoms with Crippen molar-refractivity contribution < 1.29 is 0 Å². The second-order valence-electron chi connectivity index (χ2n) is 4.19. The summed E-state index contributed by atoms with van der Waals surface area (Å²) in [6.45, 7) is 0. The third-order valence-electron chi connectivity index (χ3n) is 3.01. The molecule has 0 aliphatic heterocycles. The summed E-state index contributed by atoms with van der Waals surface area (Å²) in [6.07, 6.45) is 1.67. The Bertz CT molecular complexity index is 688. The average Bonchev–Trinajstić information content (AvgIpc) is 2.83. The Morgan fingerprint density at radius 2 is 2.00 bits per heavy atom. The summed E-state index contributed by atoms with van der Waals surface area (Å²) in [5, 5.41) is 8.83. The van der Waals surface area contributed by atoms with E-state index in [1.165, 1.54) is 0 Å². The lowest BCUT2D eigenvalue weighted by molar-refractivity contribution is 0.645. The molecule has 0 aliphatic rings. The molecule has 2 heterocycles. The maximum absolute atomic E-state index is 6.19. The zero-order valence-corrected chi connectivity index (χ0v) is 9.99. The highest BCUT2D eigenvalue weighted by atomic mass is 15.4. The van der Waals surface area contributed by atoms with Crippen LogP contribution in [0.4, 0.5) is 0 Å². The van der Waals surface area contributed by atoms with Crippen LogP contribution in [0.15, 0.2) is 42.6 Å².